The number of fused-ring (bicyclic) bond motifs is 1. The Morgan fingerprint density at radius 3 is 2.30 bits per heavy atom. The van der Waals surface area contributed by atoms with E-state index >= 15 is 0 Å². The summed E-state index contributed by atoms with van der Waals surface area (Å²) in [5, 5.41) is 4.56. The van der Waals surface area contributed by atoms with Crippen molar-refractivity contribution >= 4 is 50.0 Å². The van der Waals surface area contributed by atoms with E-state index in [2.05, 4.69) is 27.3 Å². The summed E-state index contributed by atoms with van der Waals surface area (Å²) in [6.07, 6.45) is 0. The van der Waals surface area contributed by atoms with Crippen LogP contribution in [0, 0.1) is 20.8 Å². The molecule has 1 amide bonds. The number of benzene rings is 3. The Bertz CT molecular complexity index is 1270. The first-order valence-electron chi connectivity index (χ1n) is 9.58. The third-order valence-electron chi connectivity index (χ3n) is 5.11. The summed E-state index contributed by atoms with van der Waals surface area (Å²) in [4.78, 5) is 18.4. The zero-order valence-corrected chi connectivity index (χ0v) is 19.2. The second-order valence-electron chi connectivity index (χ2n) is 7.41. The molecule has 0 aliphatic rings. The molecule has 0 unspecified atom stereocenters. The number of nitrogens with zero attached hydrogens (tertiary/aromatic N) is 1. The van der Waals surface area contributed by atoms with Gasteiger partial charge < -0.3 is 5.32 Å². The van der Waals surface area contributed by atoms with Crippen molar-refractivity contribution in [1.82, 2.24) is 4.98 Å². The second-order valence-corrected chi connectivity index (χ2v) is 8.76. The second kappa shape index (κ2) is 8.21. The highest BCUT2D eigenvalue weighted by Gasteiger charge is 2.20. The zero-order chi connectivity index (χ0) is 21.4. The standard InChI is InChI=1S/C25H20BrClN2O/c1-14-12-15(2)23-21(13-14)22(25(30)28-20-10-6-18(26)7-11-20)16(3)24(29-23)17-4-8-19(27)9-5-17/h4-13H,1-3H3,(H,28,30). The Hall–Kier alpha value is -2.69. The van der Waals surface area contributed by atoms with Crippen LogP contribution in [0.15, 0.2) is 65.1 Å². The molecular weight excluding hydrogens is 460 g/mol. The van der Waals surface area contributed by atoms with E-state index in [1.54, 1.807) is 0 Å². The summed E-state index contributed by atoms with van der Waals surface area (Å²) < 4.78 is 0.960. The van der Waals surface area contributed by atoms with E-state index in [-0.39, 0.29) is 5.91 Å². The molecule has 1 N–H and O–H groups in total. The molecule has 4 rings (SSSR count). The fourth-order valence-electron chi connectivity index (χ4n) is 3.72. The Labute approximate surface area is 189 Å². The van der Waals surface area contributed by atoms with E-state index < -0.39 is 0 Å². The molecule has 0 radical (unpaired) electrons. The van der Waals surface area contributed by atoms with Gasteiger partial charge in [0.05, 0.1) is 16.8 Å². The lowest BCUT2D eigenvalue weighted by Crippen LogP contribution is -2.15. The molecule has 0 fully saturated rings. The smallest absolute Gasteiger partial charge is 0.256 e. The normalized spacial score (nSPS) is 11.0. The van der Waals surface area contributed by atoms with Gasteiger partial charge in [-0.1, -0.05) is 51.3 Å². The van der Waals surface area contributed by atoms with Gasteiger partial charge in [0.25, 0.3) is 5.91 Å². The van der Waals surface area contributed by atoms with Crippen LogP contribution in [0.2, 0.25) is 5.02 Å². The summed E-state index contributed by atoms with van der Waals surface area (Å²) in [7, 11) is 0. The monoisotopic (exact) mass is 478 g/mol. The van der Waals surface area contributed by atoms with Crippen LogP contribution >= 0.6 is 27.5 Å². The molecule has 0 aliphatic carbocycles. The number of aromatic nitrogens is 1. The van der Waals surface area contributed by atoms with Gasteiger partial charge in [0.1, 0.15) is 0 Å². The molecule has 1 aromatic heterocycles. The van der Waals surface area contributed by atoms with Crippen LogP contribution in [0.25, 0.3) is 22.2 Å². The molecule has 3 aromatic carbocycles. The summed E-state index contributed by atoms with van der Waals surface area (Å²) in [6, 6.07) is 19.2. The third-order valence-corrected chi connectivity index (χ3v) is 5.90. The fourth-order valence-corrected chi connectivity index (χ4v) is 4.11. The minimum atomic E-state index is -0.151. The Morgan fingerprint density at radius 2 is 1.63 bits per heavy atom. The Morgan fingerprint density at radius 1 is 0.967 bits per heavy atom. The largest absolute Gasteiger partial charge is 0.322 e. The van der Waals surface area contributed by atoms with E-state index in [0.717, 1.165) is 49.0 Å². The van der Waals surface area contributed by atoms with Crippen molar-refractivity contribution in [2.45, 2.75) is 20.8 Å². The molecule has 3 nitrogen and oxygen atoms in total. The number of amides is 1. The minimum absolute atomic E-state index is 0.151. The Kier molecular flexibility index (Phi) is 5.63. The molecule has 0 spiro atoms. The Balaban J connectivity index is 1.93. The number of pyridine rings is 1. The number of carbonyl (C=O) groups is 1. The summed E-state index contributed by atoms with van der Waals surface area (Å²) in [5.41, 5.74) is 6.89. The molecular formula is C25H20BrClN2O. The predicted molar refractivity (Wildman–Crippen MR) is 128 cm³/mol. The fraction of sp³-hybridized carbons (Fsp3) is 0.120. The topological polar surface area (TPSA) is 42.0 Å². The van der Waals surface area contributed by atoms with Gasteiger partial charge in [0.15, 0.2) is 0 Å². The summed E-state index contributed by atoms with van der Waals surface area (Å²) >= 11 is 9.50. The molecule has 1 heterocycles. The highest BCUT2D eigenvalue weighted by Crippen LogP contribution is 2.33. The van der Waals surface area contributed by atoms with Crippen molar-refractivity contribution in [3.8, 4) is 11.3 Å². The number of hydrogen-bond donors (Lipinski definition) is 1. The van der Waals surface area contributed by atoms with Gasteiger partial charge in [-0.25, -0.2) is 4.98 Å². The lowest BCUT2D eigenvalue weighted by atomic mass is 9.94. The first kappa shape index (κ1) is 20.6. The van der Waals surface area contributed by atoms with Crippen molar-refractivity contribution in [2.75, 3.05) is 5.32 Å². The van der Waals surface area contributed by atoms with Crippen LogP contribution in [0.5, 0.6) is 0 Å². The maximum atomic E-state index is 13.4. The highest BCUT2D eigenvalue weighted by molar-refractivity contribution is 9.10. The van der Waals surface area contributed by atoms with Gasteiger partial charge in [-0.3, -0.25) is 4.79 Å². The average Bonchev–Trinajstić information content (AvgIpc) is 2.70. The third kappa shape index (κ3) is 3.98. The van der Waals surface area contributed by atoms with E-state index in [1.807, 2.05) is 75.4 Å². The molecule has 150 valence electrons. The van der Waals surface area contributed by atoms with Crippen molar-refractivity contribution in [1.29, 1.82) is 0 Å². The lowest BCUT2D eigenvalue weighted by Gasteiger charge is -2.17. The van der Waals surface area contributed by atoms with Crippen molar-refractivity contribution in [2.24, 2.45) is 0 Å². The molecule has 5 heteroatoms. The number of anilines is 1. The van der Waals surface area contributed by atoms with Crippen LogP contribution in [-0.4, -0.2) is 10.9 Å². The van der Waals surface area contributed by atoms with Crippen LogP contribution in [0.1, 0.15) is 27.0 Å². The number of aryl methyl sites for hydroxylation is 2. The molecule has 0 bridgehead atoms. The molecule has 0 saturated carbocycles. The number of nitrogens with one attached hydrogen (secondary N) is 1. The predicted octanol–water partition coefficient (Wildman–Crippen LogP) is 7.50. The average molecular weight is 480 g/mol. The van der Waals surface area contributed by atoms with Gasteiger partial charge in [-0.05, 0) is 74.4 Å². The number of rotatable bonds is 3. The van der Waals surface area contributed by atoms with Crippen molar-refractivity contribution in [3.05, 3.63) is 92.4 Å². The van der Waals surface area contributed by atoms with Crippen LogP contribution in [-0.2, 0) is 0 Å². The summed E-state index contributed by atoms with van der Waals surface area (Å²) in [6.45, 7) is 6.01. The van der Waals surface area contributed by atoms with Crippen LogP contribution in [0.4, 0.5) is 5.69 Å². The van der Waals surface area contributed by atoms with Gasteiger partial charge in [-0.2, -0.15) is 0 Å². The van der Waals surface area contributed by atoms with Gasteiger partial charge in [0, 0.05) is 26.1 Å². The van der Waals surface area contributed by atoms with Gasteiger partial charge >= 0.3 is 0 Å². The quantitative estimate of drug-likeness (QED) is 0.330. The lowest BCUT2D eigenvalue weighted by molar-refractivity contribution is 0.102. The number of halogens is 2. The summed E-state index contributed by atoms with van der Waals surface area (Å²) in [5.74, 6) is -0.151. The highest BCUT2D eigenvalue weighted by atomic mass is 79.9. The number of carbonyl (C=O) groups excluding carboxylic acids is 1. The minimum Gasteiger partial charge on any atom is -0.322 e. The number of hydrogen-bond acceptors (Lipinski definition) is 2. The maximum Gasteiger partial charge on any atom is 0.256 e. The van der Waals surface area contributed by atoms with E-state index in [1.165, 1.54) is 0 Å². The van der Waals surface area contributed by atoms with E-state index in [0.29, 0.717) is 10.6 Å². The molecule has 0 atom stereocenters. The first-order chi connectivity index (χ1) is 14.3. The van der Waals surface area contributed by atoms with E-state index in [9.17, 15) is 4.79 Å². The first-order valence-corrected chi connectivity index (χ1v) is 10.7. The van der Waals surface area contributed by atoms with Gasteiger partial charge in [0.2, 0.25) is 0 Å². The zero-order valence-electron chi connectivity index (χ0n) is 16.9. The van der Waals surface area contributed by atoms with Gasteiger partial charge in [-0.15, -0.1) is 0 Å². The van der Waals surface area contributed by atoms with Crippen LogP contribution < -0.4 is 5.32 Å². The maximum absolute atomic E-state index is 13.4. The molecule has 30 heavy (non-hydrogen) atoms. The van der Waals surface area contributed by atoms with Crippen molar-refractivity contribution in [3.63, 3.8) is 0 Å². The molecule has 0 saturated heterocycles. The molecule has 0 aliphatic heterocycles. The van der Waals surface area contributed by atoms with E-state index in [4.69, 9.17) is 16.6 Å². The van der Waals surface area contributed by atoms with Crippen LogP contribution in [0.3, 0.4) is 0 Å². The van der Waals surface area contributed by atoms with Crippen molar-refractivity contribution < 1.29 is 4.79 Å². The SMILES string of the molecule is Cc1cc(C)c2nc(-c3ccc(Cl)cc3)c(C)c(C(=O)Nc3ccc(Br)cc3)c2c1. The molecule has 4 aromatic rings.